The summed E-state index contributed by atoms with van der Waals surface area (Å²) in [7, 11) is 1.58. The monoisotopic (exact) mass is 293 g/mol. The van der Waals surface area contributed by atoms with E-state index >= 15 is 0 Å². The summed E-state index contributed by atoms with van der Waals surface area (Å²) < 4.78 is 5.16. The Morgan fingerprint density at radius 2 is 2.24 bits per heavy atom. The molecule has 0 amide bonds. The minimum atomic E-state index is -0.797. The van der Waals surface area contributed by atoms with Crippen molar-refractivity contribution in [1.82, 2.24) is 4.90 Å². The zero-order valence-corrected chi connectivity index (χ0v) is 12.4. The molecule has 0 saturated carbocycles. The van der Waals surface area contributed by atoms with Crippen LogP contribution >= 0.6 is 0 Å². The molecule has 1 aliphatic heterocycles. The lowest BCUT2D eigenvalue weighted by atomic mass is 10.1. The number of aliphatic carboxylic acids is 1. The van der Waals surface area contributed by atoms with Crippen LogP contribution in [0.3, 0.4) is 0 Å². The smallest absolute Gasteiger partial charge is 0.320 e. The number of rotatable bonds is 5. The predicted octanol–water partition coefficient (Wildman–Crippen LogP) is 2.06. The van der Waals surface area contributed by atoms with Gasteiger partial charge in [-0.25, -0.2) is 0 Å². The molecule has 21 heavy (non-hydrogen) atoms. The zero-order valence-electron chi connectivity index (χ0n) is 12.4. The van der Waals surface area contributed by atoms with Crippen molar-refractivity contribution in [2.45, 2.75) is 37.8 Å². The Labute approximate surface area is 125 Å². The van der Waals surface area contributed by atoms with Gasteiger partial charge in [-0.3, -0.25) is 9.69 Å². The van der Waals surface area contributed by atoms with Gasteiger partial charge in [-0.05, 0) is 37.1 Å². The third-order valence-corrected chi connectivity index (χ3v) is 4.03. The molecule has 0 spiro atoms. The summed E-state index contributed by atoms with van der Waals surface area (Å²) >= 11 is 0. The standard InChI is InChI=1S/C16H23NO4/c1-21-13-7-5-6-12(10-13)15(18)11-17-9-4-2-3-8-14(17)16(19)20/h5-7,10,14-15,18H,2-4,8-9,11H2,1H3,(H,19,20). The number of carboxylic acid groups (broad SMARTS) is 1. The van der Waals surface area contributed by atoms with Crippen molar-refractivity contribution in [3.8, 4) is 5.75 Å². The maximum atomic E-state index is 11.4. The van der Waals surface area contributed by atoms with Crippen LogP contribution in [0, 0.1) is 0 Å². The van der Waals surface area contributed by atoms with E-state index in [0.717, 1.165) is 31.4 Å². The van der Waals surface area contributed by atoms with Crippen molar-refractivity contribution in [2.75, 3.05) is 20.2 Å². The molecule has 1 aliphatic rings. The summed E-state index contributed by atoms with van der Waals surface area (Å²) in [5, 5.41) is 19.7. The number of likely N-dealkylation sites (tertiary alicyclic amines) is 1. The molecule has 2 unspecified atom stereocenters. The number of aliphatic hydroxyl groups is 1. The number of ether oxygens (including phenoxy) is 1. The molecular weight excluding hydrogens is 270 g/mol. The van der Waals surface area contributed by atoms with Crippen LogP contribution in [0.4, 0.5) is 0 Å². The molecule has 0 radical (unpaired) electrons. The number of aliphatic hydroxyl groups excluding tert-OH is 1. The highest BCUT2D eigenvalue weighted by Gasteiger charge is 2.28. The van der Waals surface area contributed by atoms with Gasteiger partial charge in [0.15, 0.2) is 0 Å². The fourth-order valence-electron chi connectivity index (χ4n) is 2.84. The predicted molar refractivity (Wildman–Crippen MR) is 79.4 cm³/mol. The molecule has 5 heteroatoms. The topological polar surface area (TPSA) is 70.0 Å². The average molecular weight is 293 g/mol. The van der Waals surface area contributed by atoms with Crippen molar-refractivity contribution in [3.63, 3.8) is 0 Å². The molecule has 2 rings (SSSR count). The van der Waals surface area contributed by atoms with Gasteiger partial charge in [-0.2, -0.15) is 0 Å². The molecular formula is C16H23NO4. The van der Waals surface area contributed by atoms with Gasteiger partial charge in [-0.15, -0.1) is 0 Å². The molecule has 5 nitrogen and oxygen atoms in total. The average Bonchev–Trinajstić information content (AvgIpc) is 2.72. The zero-order chi connectivity index (χ0) is 15.2. The van der Waals surface area contributed by atoms with Crippen LogP contribution in [0.15, 0.2) is 24.3 Å². The first-order valence-corrected chi connectivity index (χ1v) is 7.40. The molecule has 1 fully saturated rings. The Kier molecular flexibility index (Phi) is 5.59. The highest BCUT2D eigenvalue weighted by molar-refractivity contribution is 5.73. The lowest BCUT2D eigenvalue weighted by molar-refractivity contribution is -0.143. The second-order valence-corrected chi connectivity index (χ2v) is 5.49. The Morgan fingerprint density at radius 1 is 1.43 bits per heavy atom. The van der Waals surface area contributed by atoms with Gasteiger partial charge in [0.25, 0.3) is 0 Å². The summed E-state index contributed by atoms with van der Waals surface area (Å²) in [6.45, 7) is 1.06. The van der Waals surface area contributed by atoms with E-state index < -0.39 is 18.1 Å². The molecule has 0 aromatic heterocycles. The van der Waals surface area contributed by atoms with Gasteiger partial charge in [0.2, 0.25) is 0 Å². The second-order valence-electron chi connectivity index (χ2n) is 5.49. The van der Waals surface area contributed by atoms with Gasteiger partial charge in [-0.1, -0.05) is 25.0 Å². The van der Waals surface area contributed by atoms with Crippen LogP contribution in [0.5, 0.6) is 5.75 Å². The van der Waals surface area contributed by atoms with Crippen LogP contribution in [-0.4, -0.2) is 47.3 Å². The molecule has 2 N–H and O–H groups in total. The van der Waals surface area contributed by atoms with E-state index in [2.05, 4.69) is 0 Å². The Bertz CT molecular complexity index is 477. The lowest BCUT2D eigenvalue weighted by Gasteiger charge is -2.29. The van der Waals surface area contributed by atoms with Crippen molar-refractivity contribution in [3.05, 3.63) is 29.8 Å². The number of β-amino-alcohol motifs (C(OH)–C–C–N with tert-alkyl or cyclic N) is 1. The molecule has 1 aromatic carbocycles. The summed E-state index contributed by atoms with van der Waals surface area (Å²) in [6, 6.07) is 6.78. The van der Waals surface area contributed by atoms with Crippen LogP contribution in [0.25, 0.3) is 0 Å². The van der Waals surface area contributed by atoms with E-state index in [9.17, 15) is 15.0 Å². The summed E-state index contributed by atoms with van der Waals surface area (Å²) in [5.74, 6) is -0.105. The molecule has 1 heterocycles. The third-order valence-electron chi connectivity index (χ3n) is 4.03. The first-order chi connectivity index (χ1) is 10.1. The molecule has 2 atom stereocenters. The number of carboxylic acids is 1. The van der Waals surface area contributed by atoms with E-state index in [1.165, 1.54) is 0 Å². The van der Waals surface area contributed by atoms with Crippen LogP contribution in [-0.2, 0) is 4.79 Å². The van der Waals surface area contributed by atoms with Gasteiger partial charge in [0.1, 0.15) is 11.8 Å². The highest BCUT2D eigenvalue weighted by Crippen LogP contribution is 2.23. The first kappa shape index (κ1) is 15.8. The Hall–Kier alpha value is -1.59. The van der Waals surface area contributed by atoms with E-state index in [1.807, 2.05) is 23.1 Å². The summed E-state index contributed by atoms with van der Waals surface area (Å²) in [6.07, 6.45) is 2.91. The largest absolute Gasteiger partial charge is 0.497 e. The fourth-order valence-corrected chi connectivity index (χ4v) is 2.84. The number of benzene rings is 1. The van der Waals surface area contributed by atoms with Crippen LogP contribution < -0.4 is 4.74 Å². The lowest BCUT2D eigenvalue weighted by Crippen LogP contribution is -2.42. The number of carbonyl (C=O) groups is 1. The van der Waals surface area contributed by atoms with E-state index in [0.29, 0.717) is 18.7 Å². The van der Waals surface area contributed by atoms with Crippen molar-refractivity contribution >= 4 is 5.97 Å². The maximum Gasteiger partial charge on any atom is 0.320 e. The number of nitrogens with zero attached hydrogens (tertiary/aromatic N) is 1. The molecule has 1 saturated heterocycles. The Morgan fingerprint density at radius 3 is 2.95 bits per heavy atom. The van der Waals surface area contributed by atoms with E-state index in [4.69, 9.17) is 4.74 Å². The molecule has 116 valence electrons. The minimum Gasteiger partial charge on any atom is -0.497 e. The highest BCUT2D eigenvalue weighted by atomic mass is 16.5. The molecule has 1 aromatic rings. The fraction of sp³-hybridized carbons (Fsp3) is 0.562. The summed E-state index contributed by atoms with van der Waals surface area (Å²) in [5.41, 5.74) is 0.753. The second kappa shape index (κ2) is 7.43. The van der Waals surface area contributed by atoms with Gasteiger partial charge < -0.3 is 14.9 Å². The van der Waals surface area contributed by atoms with E-state index in [-0.39, 0.29) is 0 Å². The number of hydrogen-bond donors (Lipinski definition) is 2. The third kappa shape index (κ3) is 4.19. The van der Waals surface area contributed by atoms with Crippen molar-refractivity contribution in [1.29, 1.82) is 0 Å². The van der Waals surface area contributed by atoms with Crippen LogP contribution in [0.1, 0.15) is 37.4 Å². The molecule has 0 bridgehead atoms. The number of methoxy groups -OCH3 is 1. The molecule has 0 aliphatic carbocycles. The first-order valence-electron chi connectivity index (χ1n) is 7.40. The quantitative estimate of drug-likeness (QED) is 0.869. The van der Waals surface area contributed by atoms with Gasteiger partial charge >= 0.3 is 5.97 Å². The van der Waals surface area contributed by atoms with Crippen molar-refractivity contribution < 1.29 is 19.7 Å². The SMILES string of the molecule is COc1cccc(C(O)CN2CCCCCC2C(=O)O)c1. The van der Waals surface area contributed by atoms with Crippen molar-refractivity contribution in [2.24, 2.45) is 0 Å². The van der Waals surface area contributed by atoms with Gasteiger partial charge in [0, 0.05) is 6.54 Å². The Balaban J connectivity index is 2.08. The normalized spacial score (nSPS) is 21.5. The minimum absolute atomic E-state index is 0.337. The van der Waals surface area contributed by atoms with E-state index in [1.54, 1.807) is 13.2 Å². The number of hydrogen-bond acceptors (Lipinski definition) is 4. The van der Waals surface area contributed by atoms with Gasteiger partial charge in [0.05, 0.1) is 13.2 Å². The maximum absolute atomic E-state index is 11.4. The van der Waals surface area contributed by atoms with Crippen LogP contribution in [0.2, 0.25) is 0 Å². The summed E-state index contributed by atoms with van der Waals surface area (Å²) in [4.78, 5) is 13.3.